The lowest BCUT2D eigenvalue weighted by atomic mass is 9.93. The van der Waals surface area contributed by atoms with Gasteiger partial charge in [-0.05, 0) is 49.1 Å². The molecule has 1 saturated heterocycles. The molecule has 5 rings (SSSR count). The summed E-state index contributed by atoms with van der Waals surface area (Å²) < 4.78 is 11.6. The maximum atomic E-state index is 13.4. The van der Waals surface area contributed by atoms with E-state index in [-0.39, 0.29) is 24.8 Å². The zero-order chi connectivity index (χ0) is 28.2. The first-order chi connectivity index (χ1) is 19.4. The van der Waals surface area contributed by atoms with Crippen LogP contribution in [0.15, 0.2) is 82.0 Å². The van der Waals surface area contributed by atoms with Gasteiger partial charge < -0.3 is 24.2 Å². The summed E-state index contributed by atoms with van der Waals surface area (Å²) in [6, 6.07) is 16.6. The lowest BCUT2D eigenvalue weighted by molar-refractivity contribution is -0.139. The van der Waals surface area contributed by atoms with Crippen LogP contribution in [-0.4, -0.2) is 70.4 Å². The van der Waals surface area contributed by atoms with Crippen LogP contribution in [0.3, 0.4) is 0 Å². The number of thioether (sulfide) groups is 1. The Balaban J connectivity index is 1.44. The van der Waals surface area contributed by atoms with E-state index in [2.05, 4.69) is 0 Å². The maximum Gasteiger partial charge on any atom is 0.338 e. The molecule has 0 aliphatic carbocycles. The predicted octanol–water partition coefficient (Wildman–Crippen LogP) is 4.70. The average molecular weight is 561 g/mol. The Morgan fingerprint density at radius 2 is 1.68 bits per heavy atom. The molecule has 40 heavy (non-hydrogen) atoms. The largest absolute Gasteiger partial charge is 0.463 e. The second-order valence-corrected chi connectivity index (χ2v) is 10.5. The van der Waals surface area contributed by atoms with E-state index >= 15 is 0 Å². The summed E-state index contributed by atoms with van der Waals surface area (Å²) in [7, 11) is 0. The van der Waals surface area contributed by atoms with Crippen molar-refractivity contribution >= 4 is 34.7 Å². The summed E-state index contributed by atoms with van der Waals surface area (Å²) in [5.41, 5.74) is 2.59. The minimum absolute atomic E-state index is 0.0196. The second kappa shape index (κ2) is 12.0. The van der Waals surface area contributed by atoms with Crippen LogP contribution in [0.2, 0.25) is 0 Å². The highest BCUT2D eigenvalue weighted by atomic mass is 32.2. The van der Waals surface area contributed by atoms with Crippen LogP contribution in [0.25, 0.3) is 0 Å². The fraction of sp³-hybridized carbons (Fsp3) is 0.333. The Morgan fingerprint density at radius 3 is 2.38 bits per heavy atom. The van der Waals surface area contributed by atoms with E-state index in [1.165, 1.54) is 11.8 Å². The molecule has 0 spiro atoms. The molecule has 0 N–H and O–H groups in total. The number of aliphatic imine (C=N–C) groups is 1. The third kappa shape index (κ3) is 5.77. The number of esters is 1. The normalized spacial score (nSPS) is 18.7. The Bertz CT molecular complexity index is 1400. The van der Waals surface area contributed by atoms with E-state index in [0.717, 1.165) is 11.3 Å². The number of carbonyl (C=O) groups is 3. The van der Waals surface area contributed by atoms with Crippen molar-refractivity contribution in [1.29, 1.82) is 0 Å². The number of piperazine rings is 1. The molecule has 1 fully saturated rings. The molecule has 1 atom stereocenters. The average Bonchev–Trinajstić information content (AvgIpc) is 3.34. The number of amidine groups is 1. The number of hydrogen-bond acceptors (Lipinski definition) is 8. The number of rotatable bonds is 7. The molecular formula is C30H32N4O5S. The molecule has 10 heteroatoms. The standard InChI is InChI=1S/C30H32N4O5S/c1-4-38-29(37)27-20(2)31-30-34(23(19-40-30)18-26(36)33-15-13-32(14-16-33)21(3)35)28(27)22-9-8-12-25(17-22)39-24-10-6-5-7-11-24/h5-12,17,19,28H,4,13-16,18H2,1-3H3. The summed E-state index contributed by atoms with van der Waals surface area (Å²) in [5.74, 6) is 0.887. The summed E-state index contributed by atoms with van der Waals surface area (Å²) in [4.78, 5) is 48.6. The SMILES string of the molecule is CCOC(=O)C1=C(C)N=C2SC=C(CC(=O)N3CCN(C(C)=O)CC3)N2C1c1cccc(Oc2ccccc2)c1. The van der Waals surface area contributed by atoms with Gasteiger partial charge in [-0.25, -0.2) is 9.79 Å². The van der Waals surface area contributed by atoms with Crippen molar-refractivity contribution in [2.24, 2.45) is 4.99 Å². The van der Waals surface area contributed by atoms with Crippen molar-refractivity contribution in [1.82, 2.24) is 14.7 Å². The summed E-state index contributed by atoms with van der Waals surface area (Å²) in [6.45, 7) is 7.41. The first kappa shape index (κ1) is 27.5. The molecule has 3 aliphatic rings. The Hall–Kier alpha value is -4.05. The van der Waals surface area contributed by atoms with Crippen LogP contribution < -0.4 is 4.74 Å². The van der Waals surface area contributed by atoms with Gasteiger partial charge in [0.25, 0.3) is 0 Å². The van der Waals surface area contributed by atoms with Crippen LogP contribution in [0.4, 0.5) is 0 Å². The van der Waals surface area contributed by atoms with E-state index < -0.39 is 12.0 Å². The number of amides is 2. The van der Waals surface area contributed by atoms with E-state index in [1.807, 2.05) is 71.8 Å². The molecule has 0 bridgehead atoms. The number of fused-ring (bicyclic) bond motifs is 1. The van der Waals surface area contributed by atoms with Gasteiger partial charge in [0, 0.05) is 38.8 Å². The molecule has 0 aromatic heterocycles. The molecular weight excluding hydrogens is 528 g/mol. The number of para-hydroxylation sites is 1. The van der Waals surface area contributed by atoms with E-state index in [1.54, 1.807) is 23.6 Å². The fourth-order valence-corrected chi connectivity index (χ4v) is 6.03. The highest BCUT2D eigenvalue weighted by molar-refractivity contribution is 8.16. The van der Waals surface area contributed by atoms with Gasteiger partial charge in [-0.3, -0.25) is 9.59 Å². The molecule has 0 radical (unpaired) electrons. The number of hydrogen-bond donors (Lipinski definition) is 0. The van der Waals surface area contributed by atoms with Crippen LogP contribution in [-0.2, 0) is 19.1 Å². The topological polar surface area (TPSA) is 91.8 Å². The number of allylic oxidation sites excluding steroid dienone is 1. The van der Waals surface area contributed by atoms with Crippen molar-refractivity contribution in [3.05, 3.63) is 82.5 Å². The third-order valence-electron chi connectivity index (χ3n) is 7.06. The van der Waals surface area contributed by atoms with E-state index in [4.69, 9.17) is 14.5 Å². The van der Waals surface area contributed by atoms with Crippen molar-refractivity contribution < 1.29 is 23.9 Å². The summed E-state index contributed by atoms with van der Waals surface area (Å²) in [5, 5.41) is 2.63. The van der Waals surface area contributed by atoms with Gasteiger partial charge >= 0.3 is 5.97 Å². The number of carbonyl (C=O) groups excluding carboxylic acids is 3. The fourth-order valence-electron chi connectivity index (χ4n) is 5.07. The number of benzene rings is 2. The zero-order valence-corrected chi connectivity index (χ0v) is 23.6. The Labute approximate surface area is 238 Å². The molecule has 2 aromatic rings. The highest BCUT2D eigenvalue weighted by Gasteiger charge is 2.41. The molecule has 2 aromatic carbocycles. The second-order valence-electron chi connectivity index (χ2n) is 9.66. The van der Waals surface area contributed by atoms with Gasteiger partial charge in [0.15, 0.2) is 5.17 Å². The summed E-state index contributed by atoms with van der Waals surface area (Å²) in [6.07, 6.45) is 0.151. The predicted molar refractivity (Wildman–Crippen MR) is 153 cm³/mol. The molecule has 208 valence electrons. The smallest absolute Gasteiger partial charge is 0.338 e. The minimum Gasteiger partial charge on any atom is -0.463 e. The van der Waals surface area contributed by atoms with Crippen molar-refractivity contribution in [2.75, 3.05) is 32.8 Å². The molecule has 3 aliphatic heterocycles. The lowest BCUT2D eigenvalue weighted by Gasteiger charge is -2.38. The lowest BCUT2D eigenvalue weighted by Crippen LogP contribution is -2.50. The number of nitrogens with zero attached hydrogens (tertiary/aromatic N) is 4. The van der Waals surface area contributed by atoms with Crippen molar-refractivity contribution in [2.45, 2.75) is 33.2 Å². The third-order valence-corrected chi connectivity index (χ3v) is 7.95. The molecule has 3 heterocycles. The first-order valence-electron chi connectivity index (χ1n) is 13.3. The minimum atomic E-state index is -0.547. The molecule has 2 amide bonds. The Morgan fingerprint density at radius 1 is 0.975 bits per heavy atom. The molecule has 9 nitrogen and oxygen atoms in total. The van der Waals surface area contributed by atoms with Gasteiger partial charge in [0.1, 0.15) is 11.5 Å². The molecule has 1 unspecified atom stereocenters. The van der Waals surface area contributed by atoms with E-state index in [0.29, 0.717) is 54.1 Å². The van der Waals surface area contributed by atoms with Gasteiger partial charge in [-0.1, -0.05) is 42.1 Å². The van der Waals surface area contributed by atoms with Crippen molar-refractivity contribution in [3.8, 4) is 11.5 Å². The van der Waals surface area contributed by atoms with Gasteiger partial charge in [-0.2, -0.15) is 0 Å². The molecule has 0 saturated carbocycles. The zero-order valence-electron chi connectivity index (χ0n) is 22.8. The summed E-state index contributed by atoms with van der Waals surface area (Å²) >= 11 is 1.44. The van der Waals surface area contributed by atoms with Crippen LogP contribution in [0.5, 0.6) is 11.5 Å². The quantitative estimate of drug-likeness (QED) is 0.454. The van der Waals surface area contributed by atoms with Crippen molar-refractivity contribution in [3.63, 3.8) is 0 Å². The Kier molecular flexibility index (Phi) is 8.25. The van der Waals surface area contributed by atoms with E-state index in [9.17, 15) is 14.4 Å². The number of ether oxygens (including phenoxy) is 2. The van der Waals surface area contributed by atoms with Crippen LogP contribution in [0.1, 0.15) is 38.8 Å². The van der Waals surface area contributed by atoms with Crippen LogP contribution >= 0.6 is 11.8 Å². The van der Waals surface area contributed by atoms with Crippen LogP contribution in [0, 0.1) is 0 Å². The maximum absolute atomic E-state index is 13.4. The van der Waals surface area contributed by atoms with Gasteiger partial charge in [0.2, 0.25) is 11.8 Å². The highest BCUT2D eigenvalue weighted by Crippen LogP contribution is 2.45. The van der Waals surface area contributed by atoms with Gasteiger partial charge in [0.05, 0.1) is 30.3 Å². The van der Waals surface area contributed by atoms with Gasteiger partial charge in [-0.15, -0.1) is 0 Å². The first-order valence-corrected chi connectivity index (χ1v) is 14.2. The monoisotopic (exact) mass is 560 g/mol.